The van der Waals surface area contributed by atoms with E-state index in [4.69, 9.17) is 10.1 Å². The van der Waals surface area contributed by atoms with Gasteiger partial charge in [0.05, 0.1) is 29.1 Å². The monoisotopic (exact) mass is 526 g/mol. The van der Waals surface area contributed by atoms with E-state index in [9.17, 15) is 9.18 Å². The van der Waals surface area contributed by atoms with Gasteiger partial charge in [-0.1, -0.05) is 24.3 Å². The number of carbonyl (C=O) groups excluding carboxylic acids is 1. The number of hydrogen-bond acceptors (Lipinski definition) is 4. The van der Waals surface area contributed by atoms with Crippen LogP contribution in [0.4, 0.5) is 4.39 Å². The Kier molecular flexibility index (Phi) is 7.17. The molecular weight excluding hydrogens is 489 g/mol. The highest BCUT2D eigenvalue weighted by Crippen LogP contribution is 2.38. The minimum absolute atomic E-state index is 0. The number of pyridine rings is 1. The number of ketones is 1. The molecule has 0 spiro atoms. The first-order valence-corrected chi connectivity index (χ1v) is 13.3. The van der Waals surface area contributed by atoms with Crippen LogP contribution in [-0.2, 0) is 24.8 Å². The first kappa shape index (κ1) is 26.5. The van der Waals surface area contributed by atoms with Crippen LogP contribution in [-0.4, -0.2) is 30.3 Å². The number of carbonyl (C=O) groups is 1. The van der Waals surface area contributed by atoms with E-state index >= 15 is 0 Å². The number of halogens is 1. The summed E-state index contributed by atoms with van der Waals surface area (Å²) in [4.78, 5) is 18.4. The lowest BCUT2D eigenvalue weighted by Crippen LogP contribution is -2.17. The van der Waals surface area contributed by atoms with Gasteiger partial charge in [-0.05, 0) is 82.0 Å². The van der Waals surface area contributed by atoms with E-state index in [1.807, 2.05) is 63.8 Å². The lowest BCUT2D eigenvalue weighted by Gasteiger charge is -2.21. The van der Waals surface area contributed by atoms with Crippen molar-refractivity contribution in [3.05, 3.63) is 100 Å². The Labute approximate surface area is 230 Å². The Balaban J connectivity index is 0.00000370. The van der Waals surface area contributed by atoms with Gasteiger partial charge in [-0.3, -0.25) is 19.1 Å². The van der Waals surface area contributed by atoms with Gasteiger partial charge in [0.25, 0.3) is 0 Å². The first-order chi connectivity index (χ1) is 18.6. The van der Waals surface area contributed by atoms with Gasteiger partial charge in [-0.2, -0.15) is 10.2 Å². The van der Waals surface area contributed by atoms with E-state index < -0.39 is 0 Å². The maximum atomic E-state index is 14.4. The molecule has 39 heavy (non-hydrogen) atoms. The zero-order valence-corrected chi connectivity index (χ0v) is 23.4. The third-order valence-corrected chi connectivity index (χ3v) is 7.28. The van der Waals surface area contributed by atoms with Gasteiger partial charge < -0.3 is 0 Å². The van der Waals surface area contributed by atoms with Gasteiger partial charge in [0.1, 0.15) is 5.82 Å². The molecule has 0 amide bonds. The maximum absolute atomic E-state index is 14.4. The average Bonchev–Trinajstić information content (AvgIpc) is 3.40. The highest BCUT2D eigenvalue weighted by molar-refractivity contribution is 5.98. The van der Waals surface area contributed by atoms with E-state index in [2.05, 4.69) is 30.2 Å². The van der Waals surface area contributed by atoms with Crippen LogP contribution < -0.4 is 0 Å². The second-order valence-electron chi connectivity index (χ2n) is 10.7. The molecule has 202 valence electrons. The molecule has 3 heterocycles. The van der Waals surface area contributed by atoms with Crippen molar-refractivity contribution >= 4 is 16.7 Å². The van der Waals surface area contributed by atoms with Gasteiger partial charge in [-0.25, -0.2) is 4.39 Å². The molecule has 0 saturated heterocycles. The Morgan fingerprint density at radius 1 is 0.949 bits per heavy atom. The molecule has 2 aromatic carbocycles. The number of nitrogens with zero attached hydrogens (tertiary/aromatic N) is 5. The third-order valence-electron chi connectivity index (χ3n) is 7.28. The summed E-state index contributed by atoms with van der Waals surface area (Å²) in [5, 5.41) is 10.2. The highest BCUT2D eigenvalue weighted by Gasteiger charge is 2.25. The highest BCUT2D eigenvalue weighted by atomic mass is 19.1. The SMILES string of the molecule is Cc1cc(F)cc(C[C@H](CC(=O)Cn2ccc(C)n2)c2nc(C)ccc2-c2ccc(C)c3c(C)nn(C)c23)c1.[2HH]. The number of aromatic nitrogens is 5. The van der Waals surface area contributed by atoms with Gasteiger partial charge in [0, 0.05) is 49.2 Å². The summed E-state index contributed by atoms with van der Waals surface area (Å²) in [5.41, 5.74) is 9.45. The predicted octanol–water partition coefficient (Wildman–Crippen LogP) is 6.74. The van der Waals surface area contributed by atoms with E-state index in [1.165, 1.54) is 6.07 Å². The summed E-state index contributed by atoms with van der Waals surface area (Å²) in [6, 6.07) is 15.3. The van der Waals surface area contributed by atoms with Crippen LogP contribution in [0, 0.1) is 40.4 Å². The number of fused-ring (bicyclic) bond motifs is 1. The number of aryl methyl sites for hydroxylation is 6. The standard InChI is InChI=1S/C32H34FN5O.H2/c1-19-13-24(16-26(33)14-19)15-25(17-27(39)18-38-12-11-22(4)35-38)31-28(10-8-21(3)34-31)29-9-7-20(2)30-23(5)36-37(6)32(29)30;/h7-14,16,25H,15,17-18H2,1-6H3;1H/t25-;/m1./s1/i;1+1. The number of rotatable bonds is 8. The molecule has 0 aliphatic heterocycles. The molecule has 0 N–H and O–H groups in total. The quantitative estimate of drug-likeness (QED) is 0.224. The van der Waals surface area contributed by atoms with Crippen LogP contribution in [0.1, 0.15) is 53.2 Å². The van der Waals surface area contributed by atoms with Gasteiger partial charge in [0.15, 0.2) is 5.78 Å². The molecule has 0 unspecified atom stereocenters. The van der Waals surface area contributed by atoms with E-state index in [1.54, 1.807) is 10.7 Å². The van der Waals surface area contributed by atoms with Crippen molar-refractivity contribution in [2.75, 3.05) is 0 Å². The van der Waals surface area contributed by atoms with Crippen LogP contribution in [0.25, 0.3) is 22.0 Å². The molecule has 0 aliphatic carbocycles. The maximum Gasteiger partial charge on any atom is 0.154 e. The molecule has 7 heteroatoms. The second kappa shape index (κ2) is 10.6. The number of Topliss-reactive ketones (excluding diaryl/α,β-unsaturated/α-hetero) is 1. The fourth-order valence-corrected chi connectivity index (χ4v) is 5.69. The van der Waals surface area contributed by atoms with Crippen LogP contribution in [0.2, 0.25) is 0 Å². The topological polar surface area (TPSA) is 65.6 Å². The zero-order chi connectivity index (χ0) is 27.8. The van der Waals surface area contributed by atoms with Crippen molar-refractivity contribution in [1.29, 1.82) is 0 Å². The fraction of sp³-hybridized carbons (Fsp3) is 0.312. The summed E-state index contributed by atoms with van der Waals surface area (Å²) in [6.45, 7) is 10.1. The molecule has 0 bridgehead atoms. The minimum atomic E-state index is -0.273. The molecule has 5 aromatic rings. The summed E-state index contributed by atoms with van der Waals surface area (Å²) in [5.74, 6) is -0.475. The van der Waals surface area contributed by atoms with E-state index in [-0.39, 0.29) is 31.9 Å². The Morgan fingerprint density at radius 2 is 1.72 bits per heavy atom. The van der Waals surface area contributed by atoms with Crippen molar-refractivity contribution in [3.8, 4) is 11.1 Å². The molecule has 1 atom stereocenters. The molecule has 0 saturated carbocycles. The Hall–Kier alpha value is -4.13. The summed E-state index contributed by atoms with van der Waals surface area (Å²) in [7, 11) is 1.96. The van der Waals surface area contributed by atoms with Crippen molar-refractivity contribution < 1.29 is 10.6 Å². The molecule has 0 radical (unpaired) electrons. The predicted molar refractivity (Wildman–Crippen MR) is 154 cm³/mol. The van der Waals surface area contributed by atoms with E-state index in [0.717, 1.165) is 61.5 Å². The smallest absolute Gasteiger partial charge is 0.154 e. The molecule has 5 rings (SSSR count). The molecular formula is C32H36FN5O. The fourth-order valence-electron chi connectivity index (χ4n) is 5.69. The van der Waals surface area contributed by atoms with Crippen molar-refractivity contribution in [2.45, 2.75) is 59.9 Å². The lowest BCUT2D eigenvalue weighted by atomic mass is 9.85. The summed E-state index contributed by atoms with van der Waals surface area (Å²) in [6.07, 6.45) is 2.57. The first-order valence-electron chi connectivity index (χ1n) is 13.3. The summed E-state index contributed by atoms with van der Waals surface area (Å²) < 4.78 is 18.0. The molecule has 0 aliphatic rings. The van der Waals surface area contributed by atoms with Crippen LogP contribution in [0.3, 0.4) is 0 Å². The molecule has 0 fully saturated rings. The second-order valence-corrected chi connectivity index (χ2v) is 10.7. The largest absolute Gasteiger partial charge is 0.298 e. The Morgan fingerprint density at radius 3 is 2.44 bits per heavy atom. The zero-order valence-electron chi connectivity index (χ0n) is 23.4. The van der Waals surface area contributed by atoms with Crippen LogP contribution >= 0.6 is 0 Å². The number of hydrogen-bond donors (Lipinski definition) is 0. The normalized spacial score (nSPS) is 12.3. The van der Waals surface area contributed by atoms with Gasteiger partial charge in [0.2, 0.25) is 0 Å². The van der Waals surface area contributed by atoms with Crippen molar-refractivity contribution in [2.24, 2.45) is 7.05 Å². The number of benzene rings is 2. The minimum Gasteiger partial charge on any atom is -0.298 e. The van der Waals surface area contributed by atoms with Gasteiger partial charge >= 0.3 is 0 Å². The van der Waals surface area contributed by atoms with Crippen molar-refractivity contribution in [1.82, 2.24) is 24.5 Å². The average molecular weight is 527 g/mol. The van der Waals surface area contributed by atoms with Crippen molar-refractivity contribution in [3.63, 3.8) is 0 Å². The third kappa shape index (κ3) is 5.53. The molecule has 6 nitrogen and oxygen atoms in total. The van der Waals surface area contributed by atoms with Crippen LogP contribution in [0.15, 0.2) is 54.7 Å². The molecule has 3 aromatic heterocycles. The summed E-state index contributed by atoms with van der Waals surface area (Å²) >= 11 is 0. The van der Waals surface area contributed by atoms with Crippen LogP contribution in [0.5, 0.6) is 0 Å². The lowest BCUT2D eigenvalue weighted by molar-refractivity contribution is -0.120. The van der Waals surface area contributed by atoms with E-state index in [0.29, 0.717) is 6.42 Å². The Bertz CT molecular complexity index is 1680. The van der Waals surface area contributed by atoms with Gasteiger partial charge in [-0.15, -0.1) is 0 Å².